The molecule has 0 spiro atoms. The van der Waals surface area contributed by atoms with Crippen molar-refractivity contribution >= 4 is 11.8 Å². The second-order valence-corrected chi connectivity index (χ2v) is 9.78. The van der Waals surface area contributed by atoms with Crippen molar-refractivity contribution in [3.63, 3.8) is 0 Å². The summed E-state index contributed by atoms with van der Waals surface area (Å²) in [5.74, 6) is 1.11. The molecule has 1 aromatic carbocycles. The fourth-order valence-corrected chi connectivity index (χ4v) is 5.77. The third-order valence-electron chi connectivity index (χ3n) is 7.64. The number of carbonyl (C=O) groups is 2. The third kappa shape index (κ3) is 4.35. The molecule has 2 heterocycles. The normalized spacial score (nSPS) is 31.3. The Balaban J connectivity index is 1.49. The summed E-state index contributed by atoms with van der Waals surface area (Å²) in [5, 5.41) is 0. The number of carbonyl (C=O) groups excluding carboxylic acids is 2. The molecule has 3 atom stereocenters. The van der Waals surface area contributed by atoms with E-state index >= 15 is 0 Å². The lowest BCUT2D eigenvalue weighted by Gasteiger charge is -2.32. The molecule has 0 aromatic heterocycles. The van der Waals surface area contributed by atoms with Gasteiger partial charge in [-0.15, -0.1) is 0 Å². The van der Waals surface area contributed by atoms with Gasteiger partial charge in [0.05, 0.1) is 11.3 Å². The van der Waals surface area contributed by atoms with Crippen LogP contribution in [0.1, 0.15) is 51.0 Å². The molecule has 2 aliphatic heterocycles. The summed E-state index contributed by atoms with van der Waals surface area (Å²) in [4.78, 5) is 29.8. The van der Waals surface area contributed by atoms with Gasteiger partial charge in [-0.05, 0) is 30.7 Å². The minimum Gasteiger partial charge on any atom is -0.369 e. The summed E-state index contributed by atoms with van der Waals surface area (Å²) < 4.78 is 0. The molecule has 29 heavy (non-hydrogen) atoms. The Morgan fingerprint density at radius 3 is 2.48 bits per heavy atom. The number of rotatable bonds is 5. The van der Waals surface area contributed by atoms with Crippen LogP contribution in [0.5, 0.6) is 0 Å². The van der Waals surface area contributed by atoms with Crippen LogP contribution in [0.25, 0.3) is 0 Å². The zero-order valence-electron chi connectivity index (χ0n) is 17.7. The van der Waals surface area contributed by atoms with E-state index in [4.69, 9.17) is 5.73 Å². The molecule has 1 aliphatic carbocycles. The maximum atomic E-state index is 13.6. The van der Waals surface area contributed by atoms with E-state index in [0.717, 1.165) is 19.6 Å². The highest BCUT2D eigenvalue weighted by Gasteiger charge is 2.47. The van der Waals surface area contributed by atoms with Crippen LogP contribution in [0, 0.1) is 23.2 Å². The Kier molecular flexibility index (Phi) is 5.95. The Bertz CT molecular complexity index is 731. The molecule has 3 fully saturated rings. The van der Waals surface area contributed by atoms with E-state index in [0.29, 0.717) is 31.3 Å². The van der Waals surface area contributed by atoms with Crippen molar-refractivity contribution in [2.75, 3.05) is 26.2 Å². The predicted molar refractivity (Wildman–Crippen MR) is 114 cm³/mol. The van der Waals surface area contributed by atoms with Crippen LogP contribution >= 0.6 is 0 Å². The first-order valence-corrected chi connectivity index (χ1v) is 11.3. The molecule has 2 saturated heterocycles. The van der Waals surface area contributed by atoms with Crippen LogP contribution in [-0.4, -0.2) is 47.8 Å². The van der Waals surface area contributed by atoms with Crippen molar-refractivity contribution < 1.29 is 9.59 Å². The summed E-state index contributed by atoms with van der Waals surface area (Å²) in [6.07, 6.45) is 7.12. The first kappa shape index (κ1) is 20.4. The van der Waals surface area contributed by atoms with E-state index in [9.17, 15) is 9.59 Å². The molecule has 2 amide bonds. The largest absolute Gasteiger partial charge is 0.369 e. The van der Waals surface area contributed by atoms with Gasteiger partial charge in [0.1, 0.15) is 0 Å². The number of hydrogen-bond donors (Lipinski definition) is 1. The highest BCUT2D eigenvalue weighted by atomic mass is 16.2. The molecule has 4 rings (SSSR count). The second-order valence-electron chi connectivity index (χ2n) is 9.78. The van der Waals surface area contributed by atoms with Crippen molar-refractivity contribution in [2.45, 2.75) is 52.0 Å². The van der Waals surface area contributed by atoms with Gasteiger partial charge in [-0.1, -0.05) is 62.4 Å². The first-order valence-electron chi connectivity index (χ1n) is 11.3. The highest BCUT2D eigenvalue weighted by molar-refractivity contribution is 5.85. The lowest BCUT2D eigenvalue weighted by molar-refractivity contribution is -0.136. The lowest BCUT2D eigenvalue weighted by Crippen LogP contribution is -2.43. The molecular formula is C24H35N3O2. The van der Waals surface area contributed by atoms with Crippen molar-refractivity contribution in [1.82, 2.24) is 9.80 Å². The fourth-order valence-electron chi connectivity index (χ4n) is 5.77. The van der Waals surface area contributed by atoms with Crippen LogP contribution in [0.3, 0.4) is 0 Å². The molecule has 5 nitrogen and oxygen atoms in total. The molecule has 1 unspecified atom stereocenters. The Morgan fingerprint density at radius 1 is 1.10 bits per heavy atom. The molecule has 2 N–H and O–H groups in total. The molecule has 158 valence electrons. The van der Waals surface area contributed by atoms with E-state index < -0.39 is 5.41 Å². The average Bonchev–Trinajstić information content (AvgIpc) is 3.34. The molecule has 0 radical (unpaired) electrons. The topological polar surface area (TPSA) is 66.6 Å². The summed E-state index contributed by atoms with van der Waals surface area (Å²) >= 11 is 0. The van der Waals surface area contributed by atoms with Crippen molar-refractivity contribution in [1.29, 1.82) is 0 Å². The lowest BCUT2D eigenvalue weighted by atomic mass is 9.75. The van der Waals surface area contributed by atoms with Crippen LogP contribution in [-0.2, 0) is 16.1 Å². The highest BCUT2D eigenvalue weighted by Crippen LogP contribution is 2.40. The summed E-state index contributed by atoms with van der Waals surface area (Å²) in [5.41, 5.74) is 6.35. The maximum Gasteiger partial charge on any atom is 0.227 e. The van der Waals surface area contributed by atoms with E-state index in [2.05, 4.69) is 29.2 Å². The first-order chi connectivity index (χ1) is 14.0. The van der Waals surface area contributed by atoms with Gasteiger partial charge in [-0.25, -0.2) is 0 Å². The van der Waals surface area contributed by atoms with Crippen molar-refractivity contribution in [2.24, 2.45) is 28.9 Å². The van der Waals surface area contributed by atoms with Gasteiger partial charge in [0.25, 0.3) is 0 Å². The van der Waals surface area contributed by atoms with Crippen molar-refractivity contribution in [3.8, 4) is 0 Å². The van der Waals surface area contributed by atoms with Gasteiger partial charge in [-0.3, -0.25) is 14.5 Å². The molecule has 1 aromatic rings. The Morgan fingerprint density at radius 2 is 1.83 bits per heavy atom. The van der Waals surface area contributed by atoms with E-state index in [1.807, 2.05) is 17.9 Å². The van der Waals surface area contributed by atoms with Crippen LogP contribution in [0.4, 0.5) is 0 Å². The smallest absolute Gasteiger partial charge is 0.227 e. The fraction of sp³-hybridized carbons (Fsp3) is 0.667. The van der Waals surface area contributed by atoms with Crippen LogP contribution < -0.4 is 5.73 Å². The maximum absolute atomic E-state index is 13.6. The Hall–Kier alpha value is -1.88. The predicted octanol–water partition coefficient (Wildman–Crippen LogP) is 3.04. The van der Waals surface area contributed by atoms with E-state index in [1.54, 1.807) is 0 Å². The van der Waals surface area contributed by atoms with Crippen LogP contribution in [0.2, 0.25) is 0 Å². The second kappa shape index (κ2) is 8.47. The minimum atomic E-state index is -0.571. The zero-order chi connectivity index (χ0) is 20.4. The monoisotopic (exact) mass is 397 g/mol. The number of nitrogens with two attached hydrogens (primary N) is 1. The summed E-state index contributed by atoms with van der Waals surface area (Å²) in [6, 6.07) is 10.6. The van der Waals surface area contributed by atoms with Crippen LogP contribution in [0.15, 0.2) is 30.3 Å². The van der Waals surface area contributed by atoms with Gasteiger partial charge in [0.2, 0.25) is 11.8 Å². The molecular weight excluding hydrogens is 362 g/mol. The number of benzene rings is 1. The van der Waals surface area contributed by atoms with Gasteiger partial charge in [-0.2, -0.15) is 0 Å². The van der Waals surface area contributed by atoms with Gasteiger partial charge in [0, 0.05) is 32.7 Å². The number of amides is 2. The van der Waals surface area contributed by atoms with E-state index in [1.165, 1.54) is 37.7 Å². The number of nitrogens with zero attached hydrogens (tertiary/aromatic N) is 2. The summed E-state index contributed by atoms with van der Waals surface area (Å²) in [7, 11) is 0. The third-order valence-corrected chi connectivity index (χ3v) is 7.64. The standard InChI is InChI=1S/C24H35N3O2/c1-24(23(25)29)12-13-27(17-24)22(28)21-16-26(14-18-8-4-2-5-9-18)15-20(21)19-10-6-3-7-11-19/h2,4-5,8-9,19-21H,3,6-7,10-17H2,1H3,(H2,25,29)/t20-,21+,24?/m0/s1. The SMILES string of the molecule is CC1(C(N)=O)CCN(C(=O)[C@@H]2CN(Cc3ccccc3)C[C@H]2C2CCCCC2)C1. The van der Waals surface area contributed by atoms with Crippen molar-refractivity contribution in [3.05, 3.63) is 35.9 Å². The average molecular weight is 398 g/mol. The van der Waals surface area contributed by atoms with Gasteiger partial charge < -0.3 is 10.6 Å². The van der Waals surface area contributed by atoms with Gasteiger partial charge >= 0.3 is 0 Å². The Labute approximate surface area is 174 Å². The molecule has 1 saturated carbocycles. The number of likely N-dealkylation sites (tertiary alicyclic amines) is 2. The van der Waals surface area contributed by atoms with E-state index in [-0.39, 0.29) is 17.7 Å². The van der Waals surface area contributed by atoms with Gasteiger partial charge in [0.15, 0.2) is 0 Å². The molecule has 5 heteroatoms. The number of primary amides is 1. The minimum absolute atomic E-state index is 0.0528. The summed E-state index contributed by atoms with van der Waals surface area (Å²) in [6.45, 7) is 5.79. The molecule has 0 bridgehead atoms. The zero-order valence-corrected chi connectivity index (χ0v) is 17.7. The number of hydrogen-bond acceptors (Lipinski definition) is 3. The quantitative estimate of drug-likeness (QED) is 0.830. The molecule has 3 aliphatic rings.